The van der Waals surface area contributed by atoms with Crippen LogP contribution in [0.5, 0.6) is 0 Å². The third-order valence-electron chi connectivity index (χ3n) is 5.46. The Balaban J connectivity index is 1.58. The Morgan fingerprint density at radius 2 is 1.25 bits per heavy atom. The summed E-state index contributed by atoms with van der Waals surface area (Å²) in [4.78, 5) is 0. The molecule has 3 rings (SSSR count). The van der Waals surface area contributed by atoms with Gasteiger partial charge in [-0.15, -0.1) is 0 Å². The maximum atomic E-state index is 10.5. The van der Waals surface area contributed by atoms with Crippen molar-refractivity contribution in [3.8, 4) is 0 Å². The van der Waals surface area contributed by atoms with Crippen LogP contribution >= 0.6 is 0 Å². The molecule has 0 heterocycles. The fourth-order valence-electron chi connectivity index (χ4n) is 4.71. The molecule has 0 aromatic carbocycles. The molecule has 0 aliphatic heterocycles. The Morgan fingerprint density at radius 3 is 1.81 bits per heavy atom. The minimum absolute atomic E-state index is 0.0259. The third kappa shape index (κ3) is 2.03. The van der Waals surface area contributed by atoms with Crippen molar-refractivity contribution in [2.45, 2.75) is 58.5 Å². The Bertz CT molecular complexity index is 242. The summed E-state index contributed by atoms with van der Waals surface area (Å²) in [6.07, 6.45) is 8.10. The molecular weight excluding hydrogens is 196 g/mol. The summed E-state index contributed by atoms with van der Waals surface area (Å²) in [6, 6.07) is 0. The van der Waals surface area contributed by atoms with E-state index in [1.165, 1.54) is 38.5 Å². The first-order valence-corrected chi connectivity index (χ1v) is 7.31. The lowest BCUT2D eigenvalue weighted by molar-refractivity contribution is 0.0110. The second kappa shape index (κ2) is 4.01. The normalized spacial score (nSPS) is 53.4. The molecule has 0 bridgehead atoms. The summed E-state index contributed by atoms with van der Waals surface area (Å²) in [6.45, 7) is 4.73. The van der Waals surface area contributed by atoms with Crippen LogP contribution in [0.2, 0.25) is 0 Å². The molecule has 5 unspecified atom stereocenters. The van der Waals surface area contributed by atoms with E-state index in [4.69, 9.17) is 0 Å². The van der Waals surface area contributed by atoms with Crippen LogP contribution in [0.4, 0.5) is 0 Å². The van der Waals surface area contributed by atoms with Crippen molar-refractivity contribution in [3.05, 3.63) is 0 Å². The second-order valence-corrected chi connectivity index (χ2v) is 7.16. The van der Waals surface area contributed by atoms with Crippen molar-refractivity contribution >= 4 is 0 Å². The number of aliphatic hydroxyl groups excluding tert-OH is 1. The largest absolute Gasteiger partial charge is 0.393 e. The van der Waals surface area contributed by atoms with Gasteiger partial charge in [-0.25, -0.2) is 0 Å². The van der Waals surface area contributed by atoms with Gasteiger partial charge in [0.1, 0.15) is 0 Å². The first-order chi connectivity index (χ1) is 7.63. The molecule has 5 atom stereocenters. The van der Waals surface area contributed by atoms with Crippen molar-refractivity contribution in [2.75, 3.05) is 0 Å². The van der Waals surface area contributed by atoms with Crippen LogP contribution in [-0.4, -0.2) is 11.2 Å². The molecule has 1 nitrogen and oxygen atoms in total. The average molecular weight is 222 g/mol. The molecule has 0 spiro atoms. The van der Waals surface area contributed by atoms with Gasteiger partial charge in [-0.05, 0) is 74.0 Å². The highest BCUT2D eigenvalue weighted by atomic mass is 16.3. The Labute approximate surface area is 99.6 Å². The lowest BCUT2D eigenvalue weighted by Gasteiger charge is -2.36. The van der Waals surface area contributed by atoms with E-state index in [1.807, 2.05) is 0 Å². The predicted molar refractivity (Wildman–Crippen MR) is 66.0 cm³/mol. The van der Waals surface area contributed by atoms with Gasteiger partial charge >= 0.3 is 0 Å². The van der Waals surface area contributed by atoms with Crippen molar-refractivity contribution in [1.82, 2.24) is 0 Å². The minimum atomic E-state index is 0.0259. The van der Waals surface area contributed by atoms with Crippen molar-refractivity contribution < 1.29 is 5.11 Å². The van der Waals surface area contributed by atoms with Gasteiger partial charge in [-0.2, -0.15) is 0 Å². The highest BCUT2D eigenvalue weighted by Gasteiger charge is 2.49. The van der Waals surface area contributed by atoms with Crippen LogP contribution < -0.4 is 0 Å². The van der Waals surface area contributed by atoms with E-state index in [-0.39, 0.29) is 6.10 Å². The monoisotopic (exact) mass is 222 g/mol. The van der Waals surface area contributed by atoms with E-state index in [9.17, 15) is 5.11 Å². The van der Waals surface area contributed by atoms with Gasteiger partial charge in [-0.3, -0.25) is 0 Å². The van der Waals surface area contributed by atoms with Crippen LogP contribution in [0.15, 0.2) is 0 Å². The molecule has 3 aliphatic rings. The van der Waals surface area contributed by atoms with Gasteiger partial charge in [0.2, 0.25) is 0 Å². The standard InChI is InChI=1S/C15H26O/c1-9-3-10(2)5-13(4-9)15(16)14-7-11-6-12(11)8-14/h9-16H,3-8H2,1-2H3. The van der Waals surface area contributed by atoms with E-state index in [0.717, 1.165) is 23.7 Å². The molecule has 3 aliphatic carbocycles. The summed E-state index contributed by atoms with van der Waals surface area (Å²) < 4.78 is 0. The van der Waals surface area contributed by atoms with Crippen LogP contribution in [-0.2, 0) is 0 Å². The van der Waals surface area contributed by atoms with Gasteiger partial charge in [0.15, 0.2) is 0 Å². The fraction of sp³-hybridized carbons (Fsp3) is 1.00. The smallest absolute Gasteiger partial charge is 0.0596 e. The number of aliphatic hydroxyl groups is 1. The first-order valence-electron chi connectivity index (χ1n) is 7.31. The molecule has 3 fully saturated rings. The molecule has 0 radical (unpaired) electrons. The van der Waals surface area contributed by atoms with Crippen molar-refractivity contribution in [2.24, 2.45) is 35.5 Å². The lowest BCUT2D eigenvalue weighted by Crippen LogP contribution is -2.34. The molecule has 1 heteroatoms. The molecule has 0 aromatic heterocycles. The minimum Gasteiger partial charge on any atom is -0.393 e. The van der Waals surface area contributed by atoms with E-state index in [1.54, 1.807) is 0 Å². The maximum absolute atomic E-state index is 10.5. The number of hydrogen-bond acceptors (Lipinski definition) is 1. The Kier molecular flexibility index (Phi) is 2.78. The van der Waals surface area contributed by atoms with Gasteiger partial charge in [0, 0.05) is 0 Å². The molecule has 92 valence electrons. The summed E-state index contributed by atoms with van der Waals surface area (Å²) in [7, 11) is 0. The number of fused-ring (bicyclic) bond motifs is 1. The van der Waals surface area contributed by atoms with Crippen molar-refractivity contribution in [3.63, 3.8) is 0 Å². The molecule has 0 saturated heterocycles. The summed E-state index contributed by atoms with van der Waals surface area (Å²) >= 11 is 0. The van der Waals surface area contributed by atoms with Gasteiger partial charge < -0.3 is 5.11 Å². The highest BCUT2D eigenvalue weighted by molar-refractivity contribution is 4.99. The van der Waals surface area contributed by atoms with Gasteiger partial charge in [0.05, 0.1) is 6.10 Å². The summed E-state index contributed by atoms with van der Waals surface area (Å²) in [5, 5.41) is 10.5. The molecule has 1 N–H and O–H groups in total. The average Bonchev–Trinajstić information content (AvgIpc) is 2.83. The SMILES string of the molecule is CC1CC(C)CC(C(O)C2CC3CC3C2)C1. The second-order valence-electron chi connectivity index (χ2n) is 7.16. The summed E-state index contributed by atoms with van der Waals surface area (Å²) in [5.41, 5.74) is 0. The zero-order valence-electron chi connectivity index (χ0n) is 10.7. The van der Waals surface area contributed by atoms with Gasteiger partial charge in [-0.1, -0.05) is 13.8 Å². The van der Waals surface area contributed by atoms with Crippen molar-refractivity contribution in [1.29, 1.82) is 0 Å². The topological polar surface area (TPSA) is 20.2 Å². The van der Waals surface area contributed by atoms with E-state index < -0.39 is 0 Å². The number of rotatable bonds is 2. The Hall–Kier alpha value is -0.0400. The lowest BCUT2D eigenvalue weighted by atomic mass is 9.71. The van der Waals surface area contributed by atoms with E-state index in [2.05, 4.69) is 13.8 Å². The predicted octanol–water partition coefficient (Wildman–Crippen LogP) is 3.47. The molecule has 0 amide bonds. The molecule has 3 saturated carbocycles. The van der Waals surface area contributed by atoms with Gasteiger partial charge in [0.25, 0.3) is 0 Å². The summed E-state index contributed by atoms with van der Waals surface area (Å²) in [5.74, 6) is 4.96. The quantitative estimate of drug-likeness (QED) is 0.758. The van der Waals surface area contributed by atoms with Crippen LogP contribution in [0.3, 0.4) is 0 Å². The third-order valence-corrected chi connectivity index (χ3v) is 5.46. The zero-order valence-corrected chi connectivity index (χ0v) is 10.7. The highest BCUT2D eigenvalue weighted by Crippen LogP contribution is 2.56. The number of hydrogen-bond donors (Lipinski definition) is 1. The van der Waals surface area contributed by atoms with Crippen LogP contribution in [0.1, 0.15) is 52.4 Å². The molecule has 16 heavy (non-hydrogen) atoms. The van der Waals surface area contributed by atoms with Crippen LogP contribution in [0.25, 0.3) is 0 Å². The fourth-order valence-corrected chi connectivity index (χ4v) is 4.71. The van der Waals surface area contributed by atoms with Crippen LogP contribution in [0, 0.1) is 35.5 Å². The Morgan fingerprint density at radius 1 is 0.750 bits per heavy atom. The van der Waals surface area contributed by atoms with E-state index >= 15 is 0 Å². The maximum Gasteiger partial charge on any atom is 0.0596 e. The first kappa shape index (κ1) is 11.1. The molecular formula is C15H26O. The van der Waals surface area contributed by atoms with E-state index in [0.29, 0.717) is 11.8 Å². The zero-order chi connectivity index (χ0) is 11.3. The molecule has 0 aromatic rings.